The molecule has 1 amide bonds. The van der Waals surface area contributed by atoms with Gasteiger partial charge in [-0.3, -0.25) is 9.59 Å². The van der Waals surface area contributed by atoms with E-state index in [4.69, 9.17) is 9.72 Å². The van der Waals surface area contributed by atoms with Crippen LogP contribution >= 0.6 is 0 Å². The molecule has 6 heteroatoms. The lowest BCUT2D eigenvalue weighted by molar-refractivity contribution is -0.131. The molecule has 6 nitrogen and oxygen atoms in total. The molecule has 1 saturated heterocycles. The van der Waals surface area contributed by atoms with Crippen molar-refractivity contribution < 1.29 is 14.3 Å². The Bertz CT molecular complexity index is 1120. The van der Waals surface area contributed by atoms with Crippen LogP contribution in [0, 0.1) is 13.8 Å². The van der Waals surface area contributed by atoms with E-state index in [0.29, 0.717) is 24.4 Å². The maximum absolute atomic E-state index is 12.9. The summed E-state index contributed by atoms with van der Waals surface area (Å²) in [5.74, 6) is 0.889. The molecule has 2 aromatic carbocycles. The van der Waals surface area contributed by atoms with E-state index < -0.39 is 5.97 Å². The van der Waals surface area contributed by atoms with E-state index in [1.54, 1.807) is 24.3 Å². The molecule has 154 valence electrons. The Kier molecular flexibility index (Phi) is 5.40. The number of aryl methyl sites for hydroxylation is 2. The minimum absolute atomic E-state index is 0.0536. The van der Waals surface area contributed by atoms with Gasteiger partial charge in [-0.25, -0.2) is 4.98 Å². The zero-order valence-corrected chi connectivity index (χ0v) is 17.5. The summed E-state index contributed by atoms with van der Waals surface area (Å²) in [5, 5.41) is 1.18. The van der Waals surface area contributed by atoms with Crippen molar-refractivity contribution in [3.05, 3.63) is 65.2 Å². The first-order valence-electron chi connectivity index (χ1n) is 10.1. The van der Waals surface area contributed by atoms with Crippen LogP contribution in [0.25, 0.3) is 10.9 Å². The highest BCUT2D eigenvalue weighted by Gasteiger charge is 2.23. The van der Waals surface area contributed by atoms with Crippen LogP contribution < -0.4 is 9.64 Å². The molecule has 0 unspecified atom stereocenters. The summed E-state index contributed by atoms with van der Waals surface area (Å²) in [5.41, 5.74) is 3.93. The Labute approximate surface area is 176 Å². The molecule has 4 rings (SSSR count). The average molecular weight is 403 g/mol. The first-order chi connectivity index (χ1) is 14.4. The van der Waals surface area contributed by atoms with Gasteiger partial charge >= 0.3 is 5.97 Å². The summed E-state index contributed by atoms with van der Waals surface area (Å²) < 4.78 is 5.10. The number of aromatic nitrogens is 1. The molecule has 0 saturated carbocycles. The second-order valence-electron chi connectivity index (χ2n) is 7.67. The number of anilines is 1. The lowest BCUT2D eigenvalue weighted by Gasteiger charge is -2.35. The van der Waals surface area contributed by atoms with Crippen molar-refractivity contribution >= 4 is 28.6 Å². The number of ether oxygens (including phenoxy) is 1. The van der Waals surface area contributed by atoms with Gasteiger partial charge in [0.2, 0.25) is 0 Å². The molecule has 1 fully saturated rings. The Morgan fingerprint density at radius 1 is 0.933 bits per heavy atom. The van der Waals surface area contributed by atoms with E-state index in [1.165, 1.54) is 23.4 Å². The lowest BCUT2D eigenvalue weighted by atomic mass is 10.1. The van der Waals surface area contributed by atoms with Gasteiger partial charge in [-0.1, -0.05) is 24.3 Å². The molecule has 0 N–H and O–H groups in total. The highest BCUT2D eigenvalue weighted by molar-refractivity contribution is 5.95. The van der Waals surface area contributed by atoms with Gasteiger partial charge in [-0.15, -0.1) is 0 Å². The molecule has 1 aromatic heterocycles. The fraction of sp³-hybridized carbons (Fsp3) is 0.292. The fourth-order valence-corrected chi connectivity index (χ4v) is 3.89. The average Bonchev–Trinajstić information content (AvgIpc) is 2.74. The molecular formula is C24H25N3O3. The zero-order valence-electron chi connectivity index (χ0n) is 17.5. The van der Waals surface area contributed by atoms with Gasteiger partial charge in [0.05, 0.1) is 5.52 Å². The van der Waals surface area contributed by atoms with Crippen molar-refractivity contribution in [3.63, 3.8) is 0 Å². The summed E-state index contributed by atoms with van der Waals surface area (Å²) in [6.07, 6.45) is 0. The molecule has 0 radical (unpaired) electrons. The number of nitrogens with zero attached hydrogens (tertiary/aromatic N) is 3. The molecule has 0 spiro atoms. The van der Waals surface area contributed by atoms with Crippen LogP contribution in [0.4, 0.5) is 5.82 Å². The molecule has 1 aliphatic heterocycles. The number of carbonyl (C=O) groups excluding carboxylic acids is 2. The van der Waals surface area contributed by atoms with Crippen LogP contribution in [0.1, 0.15) is 28.4 Å². The zero-order chi connectivity index (χ0) is 21.3. The Morgan fingerprint density at radius 2 is 1.67 bits per heavy atom. The number of benzene rings is 2. The van der Waals surface area contributed by atoms with Crippen LogP contribution in [-0.4, -0.2) is 47.9 Å². The smallest absolute Gasteiger partial charge is 0.308 e. The van der Waals surface area contributed by atoms with Gasteiger partial charge in [0, 0.05) is 44.1 Å². The van der Waals surface area contributed by atoms with Crippen LogP contribution in [-0.2, 0) is 4.79 Å². The van der Waals surface area contributed by atoms with Gasteiger partial charge in [0.1, 0.15) is 11.6 Å². The maximum Gasteiger partial charge on any atom is 0.308 e. The largest absolute Gasteiger partial charge is 0.427 e. The summed E-state index contributed by atoms with van der Waals surface area (Å²) >= 11 is 0. The number of esters is 1. The fourth-order valence-electron chi connectivity index (χ4n) is 3.89. The third-order valence-corrected chi connectivity index (χ3v) is 5.47. The molecule has 2 heterocycles. The number of fused-ring (bicyclic) bond motifs is 1. The lowest BCUT2D eigenvalue weighted by Crippen LogP contribution is -2.49. The third-order valence-electron chi connectivity index (χ3n) is 5.47. The normalized spacial score (nSPS) is 14.1. The van der Waals surface area contributed by atoms with Gasteiger partial charge in [0.25, 0.3) is 5.91 Å². The van der Waals surface area contributed by atoms with Gasteiger partial charge in [-0.05, 0) is 49.2 Å². The second kappa shape index (κ2) is 8.14. The number of para-hydroxylation sites is 1. The van der Waals surface area contributed by atoms with E-state index in [2.05, 4.69) is 43.0 Å². The highest BCUT2D eigenvalue weighted by atomic mass is 16.5. The van der Waals surface area contributed by atoms with Crippen LogP contribution in [0.5, 0.6) is 5.75 Å². The van der Waals surface area contributed by atoms with E-state index in [0.717, 1.165) is 24.4 Å². The van der Waals surface area contributed by atoms with E-state index in [1.807, 2.05) is 4.90 Å². The number of hydrogen-bond acceptors (Lipinski definition) is 5. The molecule has 1 aliphatic rings. The van der Waals surface area contributed by atoms with Crippen molar-refractivity contribution in [2.24, 2.45) is 0 Å². The predicted molar refractivity (Wildman–Crippen MR) is 117 cm³/mol. The first-order valence-corrected chi connectivity index (χ1v) is 10.1. The predicted octanol–water partition coefficient (Wildman–Crippen LogP) is 3.74. The van der Waals surface area contributed by atoms with E-state index in [-0.39, 0.29) is 5.91 Å². The third kappa shape index (κ3) is 3.99. The minimum atomic E-state index is -0.401. The topological polar surface area (TPSA) is 62.7 Å². The van der Waals surface area contributed by atoms with Gasteiger partial charge < -0.3 is 14.5 Å². The van der Waals surface area contributed by atoms with Gasteiger partial charge in [0.15, 0.2) is 0 Å². The van der Waals surface area contributed by atoms with Crippen LogP contribution in [0.2, 0.25) is 0 Å². The molecule has 0 aliphatic carbocycles. The number of carbonyl (C=O) groups is 2. The number of amides is 1. The standard InChI is InChI=1S/C24H25N3O3/c1-16-6-4-9-21-17(2)14-22(25-23(16)21)26-10-12-27(13-11-26)24(29)19-7-5-8-20(15-19)30-18(3)28/h4-9,14-15H,10-13H2,1-3H3. The highest BCUT2D eigenvalue weighted by Crippen LogP contribution is 2.26. The van der Waals surface area contributed by atoms with Crippen molar-refractivity contribution in [1.82, 2.24) is 9.88 Å². The Morgan fingerprint density at radius 3 is 2.40 bits per heavy atom. The maximum atomic E-state index is 12.9. The molecular weight excluding hydrogens is 378 g/mol. The SMILES string of the molecule is CC(=O)Oc1cccc(C(=O)N2CCN(c3cc(C)c4cccc(C)c4n3)CC2)c1. The quantitative estimate of drug-likeness (QED) is 0.492. The summed E-state index contributed by atoms with van der Waals surface area (Å²) in [6.45, 7) is 8.21. The molecule has 3 aromatic rings. The number of piperazine rings is 1. The first kappa shape index (κ1) is 19.9. The van der Waals surface area contributed by atoms with Crippen molar-refractivity contribution in [2.75, 3.05) is 31.1 Å². The van der Waals surface area contributed by atoms with Crippen LogP contribution in [0.15, 0.2) is 48.5 Å². The molecule has 0 bridgehead atoms. The number of pyridine rings is 1. The summed E-state index contributed by atoms with van der Waals surface area (Å²) in [7, 11) is 0. The van der Waals surface area contributed by atoms with Gasteiger partial charge in [-0.2, -0.15) is 0 Å². The monoisotopic (exact) mass is 403 g/mol. The number of rotatable bonds is 3. The van der Waals surface area contributed by atoms with Crippen molar-refractivity contribution in [1.29, 1.82) is 0 Å². The summed E-state index contributed by atoms with van der Waals surface area (Å²) in [6, 6.07) is 15.1. The Balaban J connectivity index is 1.48. The number of hydrogen-bond donors (Lipinski definition) is 0. The molecule has 0 atom stereocenters. The van der Waals surface area contributed by atoms with Crippen LogP contribution in [0.3, 0.4) is 0 Å². The molecule has 30 heavy (non-hydrogen) atoms. The minimum Gasteiger partial charge on any atom is -0.427 e. The second-order valence-corrected chi connectivity index (χ2v) is 7.67. The summed E-state index contributed by atoms with van der Waals surface area (Å²) in [4.78, 5) is 33.0. The van der Waals surface area contributed by atoms with E-state index in [9.17, 15) is 9.59 Å². The van der Waals surface area contributed by atoms with Crippen molar-refractivity contribution in [3.8, 4) is 5.75 Å². The Hall–Kier alpha value is -3.41. The van der Waals surface area contributed by atoms with Crippen molar-refractivity contribution in [2.45, 2.75) is 20.8 Å². The van der Waals surface area contributed by atoms with E-state index >= 15 is 0 Å².